The van der Waals surface area contributed by atoms with Crippen LogP contribution in [0, 0.1) is 0 Å². The molecule has 0 rings (SSSR count). The number of hydrogen-bond donors (Lipinski definition) is 1. The second-order valence-electron chi connectivity index (χ2n) is 7.50. The van der Waals surface area contributed by atoms with E-state index in [4.69, 9.17) is 5.11 Å². The van der Waals surface area contributed by atoms with Crippen molar-refractivity contribution in [2.24, 2.45) is 0 Å². The molecule has 0 saturated heterocycles. The first-order valence-electron chi connectivity index (χ1n) is 11.1. The molecule has 0 radical (unpaired) electrons. The van der Waals surface area contributed by atoms with Crippen LogP contribution in [-0.4, -0.2) is 11.1 Å². The summed E-state index contributed by atoms with van der Waals surface area (Å²) in [5.41, 5.74) is 0. The number of allylic oxidation sites excluding steroid dienone is 2. The van der Waals surface area contributed by atoms with E-state index in [9.17, 15) is 4.79 Å². The maximum absolute atomic E-state index is 10.4. The number of carbonyl (C=O) groups is 1. The van der Waals surface area contributed by atoms with Gasteiger partial charge in [0, 0.05) is 6.42 Å². The van der Waals surface area contributed by atoms with Gasteiger partial charge < -0.3 is 5.11 Å². The van der Waals surface area contributed by atoms with Crippen LogP contribution < -0.4 is 0 Å². The molecule has 0 aromatic rings. The predicted octanol–water partition coefficient (Wildman–Crippen LogP) is 8.06. The SMILES string of the molecule is CCCCCCCCCC=CCCCCCCCCCCCC(=O)O. The second kappa shape index (κ2) is 21.3. The Kier molecular flexibility index (Phi) is 20.6. The van der Waals surface area contributed by atoms with Crippen LogP contribution >= 0.6 is 0 Å². The van der Waals surface area contributed by atoms with Crippen LogP contribution in [0.3, 0.4) is 0 Å². The highest BCUT2D eigenvalue weighted by molar-refractivity contribution is 5.66. The molecule has 0 bridgehead atoms. The lowest BCUT2D eigenvalue weighted by molar-refractivity contribution is -0.137. The standard InChI is InChI=1S/C23H44O2/c1-2-3-4-5-6-7-8-9-10-11-12-13-14-15-16-17-18-19-20-21-22-23(24)25/h10-11H,2-9,12-22H2,1H3,(H,24,25). The molecular formula is C23H44O2. The van der Waals surface area contributed by atoms with E-state index in [0.29, 0.717) is 6.42 Å². The van der Waals surface area contributed by atoms with Crippen LogP contribution in [0.2, 0.25) is 0 Å². The first-order chi connectivity index (χ1) is 12.3. The van der Waals surface area contributed by atoms with Gasteiger partial charge in [-0.3, -0.25) is 4.79 Å². The van der Waals surface area contributed by atoms with E-state index in [1.54, 1.807) is 0 Å². The van der Waals surface area contributed by atoms with Gasteiger partial charge in [0.15, 0.2) is 0 Å². The summed E-state index contributed by atoms with van der Waals surface area (Å²) in [6, 6.07) is 0. The molecule has 0 aliphatic carbocycles. The normalized spacial score (nSPS) is 11.4. The fraction of sp³-hybridized carbons (Fsp3) is 0.870. The van der Waals surface area contributed by atoms with E-state index in [-0.39, 0.29) is 0 Å². The van der Waals surface area contributed by atoms with Crippen molar-refractivity contribution in [3.63, 3.8) is 0 Å². The number of rotatable bonds is 20. The largest absolute Gasteiger partial charge is 0.481 e. The minimum Gasteiger partial charge on any atom is -0.481 e. The maximum Gasteiger partial charge on any atom is 0.303 e. The molecule has 0 aromatic carbocycles. The molecule has 0 amide bonds. The quantitative estimate of drug-likeness (QED) is 0.178. The zero-order chi connectivity index (χ0) is 18.4. The number of carboxylic acids is 1. The summed E-state index contributed by atoms with van der Waals surface area (Å²) in [5.74, 6) is -0.656. The summed E-state index contributed by atoms with van der Waals surface area (Å²) in [6.45, 7) is 2.28. The average molecular weight is 353 g/mol. The number of aliphatic carboxylic acids is 1. The summed E-state index contributed by atoms with van der Waals surface area (Å²) < 4.78 is 0. The van der Waals surface area contributed by atoms with Crippen molar-refractivity contribution in [3.8, 4) is 0 Å². The summed E-state index contributed by atoms with van der Waals surface area (Å²) in [4.78, 5) is 10.4. The van der Waals surface area contributed by atoms with Crippen LogP contribution in [0.25, 0.3) is 0 Å². The lowest BCUT2D eigenvalue weighted by Gasteiger charge is -2.01. The summed E-state index contributed by atoms with van der Waals surface area (Å²) in [6.07, 6.45) is 28.6. The van der Waals surface area contributed by atoms with Gasteiger partial charge in [-0.1, -0.05) is 103 Å². The topological polar surface area (TPSA) is 37.3 Å². The summed E-state index contributed by atoms with van der Waals surface area (Å²) in [7, 11) is 0. The van der Waals surface area contributed by atoms with Crippen molar-refractivity contribution < 1.29 is 9.90 Å². The van der Waals surface area contributed by atoms with E-state index in [1.165, 1.54) is 103 Å². The first-order valence-corrected chi connectivity index (χ1v) is 11.1. The Hall–Kier alpha value is -0.790. The molecule has 148 valence electrons. The van der Waals surface area contributed by atoms with E-state index >= 15 is 0 Å². The van der Waals surface area contributed by atoms with Crippen molar-refractivity contribution >= 4 is 5.97 Å². The third-order valence-corrected chi connectivity index (χ3v) is 4.90. The Labute approximate surface area is 157 Å². The molecule has 0 aliphatic heterocycles. The predicted molar refractivity (Wildman–Crippen MR) is 110 cm³/mol. The number of unbranched alkanes of at least 4 members (excludes halogenated alkanes) is 16. The first kappa shape index (κ1) is 24.2. The van der Waals surface area contributed by atoms with E-state index in [2.05, 4.69) is 19.1 Å². The van der Waals surface area contributed by atoms with Gasteiger partial charge in [-0.15, -0.1) is 0 Å². The highest BCUT2D eigenvalue weighted by Gasteiger charge is 1.96. The van der Waals surface area contributed by atoms with Gasteiger partial charge >= 0.3 is 5.97 Å². The average Bonchev–Trinajstić information content (AvgIpc) is 2.60. The lowest BCUT2D eigenvalue weighted by atomic mass is 10.1. The van der Waals surface area contributed by atoms with Crippen molar-refractivity contribution in [3.05, 3.63) is 12.2 Å². The molecule has 0 aromatic heterocycles. The maximum atomic E-state index is 10.4. The van der Waals surface area contributed by atoms with Crippen molar-refractivity contribution in [1.82, 2.24) is 0 Å². The molecule has 2 heteroatoms. The van der Waals surface area contributed by atoms with Crippen LogP contribution in [-0.2, 0) is 4.79 Å². The minimum atomic E-state index is -0.656. The second-order valence-corrected chi connectivity index (χ2v) is 7.50. The zero-order valence-electron chi connectivity index (χ0n) is 16.9. The Morgan fingerprint density at radius 2 is 0.960 bits per heavy atom. The lowest BCUT2D eigenvalue weighted by Crippen LogP contribution is -1.93. The Morgan fingerprint density at radius 1 is 0.600 bits per heavy atom. The Morgan fingerprint density at radius 3 is 1.36 bits per heavy atom. The molecule has 25 heavy (non-hydrogen) atoms. The van der Waals surface area contributed by atoms with Crippen molar-refractivity contribution in [2.75, 3.05) is 0 Å². The molecule has 0 aliphatic rings. The third kappa shape index (κ3) is 23.2. The molecule has 0 atom stereocenters. The molecule has 2 nitrogen and oxygen atoms in total. The van der Waals surface area contributed by atoms with E-state index < -0.39 is 5.97 Å². The van der Waals surface area contributed by atoms with Crippen LogP contribution in [0.1, 0.15) is 129 Å². The summed E-state index contributed by atoms with van der Waals surface area (Å²) >= 11 is 0. The van der Waals surface area contributed by atoms with Crippen molar-refractivity contribution in [1.29, 1.82) is 0 Å². The fourth-order valence-corrected chi connectivity index (χ4v) is 3.23. The van der Waals surface area contributed by atoms with E-state index in [0.717, 1.165) is 12.8 Å². The molecule has 0 unspecified atom stereocenters. The Bertz CT molecular complexity index is 296. The van der Waals surface area contributed by atoms with Gasteiger partial charge in [0.2, 0.25) is 0 Å². The van der Waals surface area contributed by atoms with Gasteiger partial charge in [0.1, 0.15) is 0 Å². The van der Waals surface area contributed by atoms with Gasteiger partial charge in [0.25, 0.3) is 0 Å². The van der Waals surface area contributed by atoms with Gasteiger partial charge in [-0.2, -0.15) is 0 Å². The molecule has 0 saturated carbocycles. The van der Waals surface area contributed by atoms with Gasteiger partial charge in [-0.05, 0) is 32.1 Å². The van der Waals surface area contributed by atoms with E-state index in [1.807, 2.05) is 0 Å². The third-order valence-electron chi connectivity index (χ3n) is 4.90. The number of hydrogen-bond acceptors (Lipinski definition) is 1. The molecule has 0 heterocycles. The van der Waals surface area contributed by atoms with Crippen LogP contribution in [0.4, 0.5) is 0 Å². The van der Waals surface area contributed by atoms with Crippen LogP contribution in [0.5, 0.6) is 0 Å². The molecular weight excluding hydrogens is 308 g/mol. The molecule has 1 N–H and O–H groups in total. The van der Waals surface area contributed by atoms with Gasteiger partial charge in [-0.25, -0.2) is 0 Å². The van der Waals surface area contributed by atoms with Gasteiger partial charge in [0.05, 0.1) is 0 Å². The minimum absolute atomic E-state index is 0.340. The monoisotopic (exact) mass is 352 g/mol. The summed E-state index contributed by atoms with van der Waals surface area (Å²) in [5, 5.41) is 8.56. The zero-order valence-corrected chi connectivity index (χ0v) is 16.9. The molecule has 0 fully saturated rings. The van der Waals surface area contributed by atoms with Crippen molar-refractivity contribution in [2.45, 2.75) is 129 Å². The highest BCUT2D eigenvalue weighted by atomic mass is 16.4. The fourth-order valence-electron chi connectivity index (χ4n) is 3.23. The highest BCUT2D eigenvalue weighted by Crippen LogP contribution is 2.12. The number of carboxylic acid groups (broad SMARTS) is 1. The smallest absolute Gasteiger partial charge is 0.303 e. The Balaban J connectivity index is 3.07. The molecule has 0 spiro atoms. The van der Waals surface area contributed by atoms with Crippen LogP contribution in [0.15, 0.2) is 12.2 Å².